The number of thioether (sulfide) groups is 1. The number of urea groups is 1. The van der Waals surface area contributed by atoms with Crippen molar-refractivity contribution in [2.24, 2.45) is 10.7 Å². The molecular weight excluding hydrogens is 424 g/mol. The zero-order valence-electron chi connectivity index (χ0n) is 18.5. The Morgan fingerprint density at radius 1 is 1.06 bits per heavy atom. The highest BCUT2D eigenvalue weighted by molar-refractivity contribution is 8.15. The van der Waals surface area contributed by atoms with Crippen molar-refractivity contribution in [1.29, 1.82) is 0 Å². The minimum Gasteiger partial charge on any atom is -0.351 e. The van der Waals surface area contributed by atoms with Crippen LogP contribution in [0.2, 0.25) is 0 Å². The van der Waals surface area contributed by atoms with Crippen LogP contribution >= 0.6 is 11.8 Å². The molecule has 1 unspecified atom stereocenters. The van der Waals surface area contributed by atoms with Crippen LogP contribution in [0.4, 0.5) is 10.5 Å². The van der Waals surface area contributed by atoms with Gasteiger partial charge in [0, 0.05) is 0 Å². The fourth-order valence-electron chi connectivity index (χ4n) is 3.07. The third-order valence-electron chi connectivity index (χ3n) is 4.93. The number of imide groups is 1. The van der Waals surface area contributed by atoms with Gasteiger partial charge in [-0.2, -0.15) is 0 Å². The first-order chi connectivity index (χ1) is 15.2. The number of nitrogens with one attached hydrogen (secondary N) is 1. The van der Waals surface area contributed by atoms with Gasteiger partial charge in [0.05, 0.1) is 10.9 Å². The smallest absolute Gasteiger partial charge is 0.318 e. The number of nitrogens with zero attached hydrogens (tertiary/aromatic N) is 2. The van der Waals surface area contributed by atoms with E-state index < -0.39 is 17.2 Å². The number of rotatable bonds is 5. The van der Waals surface area contributed by atoms with Crippen LogP contribution in [0.5, 0.6) is 0 Å². The molecule has 0 bridgehead atoms. The lowest BCUT2D eigenvalue weighted by molar-refractivity contribution is -0.119. The van der Waals surface area contributed by atoms with Gasteiger partial charge in [-0.15, -0.1) is 0 Å². The Balaban J connectivity index is 1.94. The maximum atomic E-state index is 13.3. The summed E-state index contributed by atoms with van der Waals surface area (Å²) in [6.45, 7) is 7.82. The van der Waals surface area contributed by atoms with E-state index in [4.69, 9.17) is 5.73 Å². The first-order valence-electron chi connectivity index (χ1n) is 10.2. The summed E-state index contributed by atoms with van der Waals surface area (Å²) in [5, 5.41) is 1.73. The molecule has 0 aliphatic carbocycles. The van der Waals surface area contributed by atoms with Crippen LogP contribution < -0.4 is 16.0 Å². The van der Waals surface area contributed by atoms with Crippen LogP contribution in [0.3, 0.4) is 0 Å². The largest absolute Gasteiger partial charge is 0.351 e. The number of carbonyl (C=O) groups is 3. The molecule has 2 aromatic carbocycles. The van der Waals surface area contributed by atoms with Crippen molar-refractivity contribution >= 4 is 46.5 Å². The van der Waals surface area contributed by atoms with Gasteiger partial charge in [-0.05, 0) is 49.1 Å². The number of aryl methyl sites for hydroxylation is 1. The van der Waals surface area contributed by atoms with Gasteiger partial charge < -0.3 is 5.73 Å². The number of benzene rings is 2. The summed E-state index contributed by atoms with van der Waals surface area (Å²) in [6, 6.07) is 14.5. The lowest BCUT2D eigenvalue weighted by Crippen LogP contribution is -2.41. The molecule has 32 heavy (non-hydrogen) atoms. The minimum absolute atomic E-state index is 0.271. The van der Waals surface area contributed by atoms with Crippen molar-refractivity contribution in [2.75, 3.05) is 4.90 Å². The van der Waals surface area contributed by atoms with Crippen molar-refractivity contribution in [2.45, 2.75) is 38.9 Å². The van der Waals surface area contributed by atoms with E-state index in [1.165, 1.54) is 10.5 Å². The molecular formula is C24H26N4O3S. The lowest BCUT2D eigenvalue weighted by atomic mass is 10.0. The summed E-state index contributed by atoms with van der Waals surface area (Å²) < 4.78 is 0. The Bertz CT molecular complexity index is 1090. The van der Waals surface area contributed by atoms with Gasteiger partial charge in [0.15, 0.2) is 5.17 Å². The van der Waals surface area contributed by atoms with E-state index in [0.29, 0.717) is 16.8 Å². The number of hydrogen-bond acceptors (Lipinski definition) is 5. The molecule has 1 heterocycles. The van der Waals surface area contributed by atoms with E-state index in [9.17, 15) is 14.4 Å². The summed E-state index contributed by atoms with van der Waals surface area (Å²) in [5.74, 6) is -0.425. The van der Waals surface area contributed by atoms with E-state index in [1.54, 1.807) is 13.0 Å². The van der Waals surface area contributed by atoms with Gasteiger partial charge in [0.1, 0.15) is 5.70 Å². The minimum atomic E-state index is -0.923. The van der Waals surface area contributed by atoms with Crippen molar-refractivity contribution in [1.82, 2.24) is 5.32 Å². The predicted octanol–water partition coefficient (Wildman–Crippen LogP) is 4.18. The Morgan fingerprint density at radius 2 is 1.69 bits per heavy atom. The molecule has 7 nitrogen and oxygen atoms in total. The van der Waals surface area contributed by atoms with Crippen LogP contribution in [0.15, 0.2) is 59.2 Å². The summed E-state index contributed by atoms with van der Waals surface area (Å²) >= 11 is 1.08. The number of carbonyl (C=O) groups excluding carboxylic acids is 3. The van der Waals surface area contributed by atoms with Gasteiger partial charge >= 0.3 is 6.03 Å². The summed E-state index contributed by atoms with van der Waals surface area (Å²) in [5.41, 5.74) is 9.09. The molecule has 0 fully saturated rings. The normalized spacial score (nSPS) is 15.8. The number of amidine groups is 1. The van der Waals surface area contributed by atoms with E-state index >= 15 is 0 Å². The Kier molecular flexibility index (Phi) is 7.15. The Labute approximate surface area is 191 Å². The van der Waals surface area contributed by atoms with Crippen LogP contribution in [-0.2, 0) is 9.59 Å². The molecule has 0 aromatic heterocycles. The highest BCUT2D eigenvalue weighted by atomic mass is 32.2. The van der Waals surface area contributed by atoms with Crippen LogP contribution in [-0.4, -0.2) is 28.3 Å². The number of hydrogen-bond donors (Lipinski definition) is 2. The van der Waals surface area contributed by atoms with Crippen molar-refractivity contribution in [3.05, 3.63) is 70.9 Å². The van der Waals surface area contributed by atoms with Crippen LogP contribution in [0, 0.1) is 6.92 Å². The van der Waals surface area contributed by atoms with Crippen molar-refractivity contribution in [3.8, 4) is 0 Å². The van der Waals surface area contributed by atoms with Crippen molar-refractivity contribution in [3.63, 3.8) is 0 Å². The van der Waals surface area contributed by atoms with E-state index in [-0.39, 0.29) is 11.6 Å². The zero-order chi connectivity index (χ0) is 23.4. The molecule has 0 saturated carbocycles. The van der Waals surface area contributed by atoms with Crippen LogP contribution in [0.1, 0.15) is 43.4 Å². The molecule has 1 aliphatic rings. The van der Waals surface area contributed by atoms with E-state index in [2.05, 4.69) is 24.2 Å². The standard InChI is InChI=1S/C24H26N4O3S/c1-14(2)18-9-7-17(8-10-18)13-20-22(30)28(19-11-5-15(3)6-12-19)24(26-20)32-16(4)21(29)27-23(25)31/h5-14,16H,1-4H3,(H3,25,27,29,31). The second-order valence-electron chi connectivity index (χ2n) is 7.84. The Hall–Kier alpha value is -3.39. The lowest BCUT2D eigenvalue weighted by Gasteiger charge is -2.19. The fraction of sp³-hybridized carbons (Fsp3) is 0.250. The second-order valence-corrected chi connectivity index (χ2v) is 9.14. The highest BCUT2D eigenvalue weighted by Gasteiger charge is 2.34. The molecule has 3 N–H and O–H groups in total. The number of primary amides is 1. The molecule has 0 saturated heterocycles. The zero-order valence-corrected chi connectivity index (χ0v) is 19.3. The maximum Gasteiger partial charge on any atom is 0.318 e. The summed E-state index contributed by atoms with van der Waals surface area (Å²) in [7, 11) is 0. The quantitative estimate of drug-likeness (QED) is 0.667. The average Bonchev–Trinajstić information content (AvgIpc) is 3.03. The number of amides is 4. The van der Waals surface area contributed by atoms with E-state index in [0.717, 1.165) is 22.9 Å². The molecule has 2 aromatic rings. The summed E-state index contributed by atoms with van der Waals surface area (Å²) in [4.78, 5) is 42.5. The average molecular weight is 451 g/mol. The third-order valence-corrected chi connectivity index (χ3v) is 5.98. The SMILES string of the molecule is Cc1ccc(N2C(=O)C(=Cc3ccc(C(C)C)cc3)N=C2SC(C)C(=O)NC(N)=O)cc1. The molecule has 3 rings (SSSR count). The van der Waals surface area contributed by atoms with Gasteiger partial charge in [0.2, 0.25) is 5.91 Å². The number of aliphatic imine (C=N–C) groups is 1. The number of nitrogens with two attached hydrogens (primary N) is 1. The predicted molar refractivity (Wildman–Crippen MR) is 129 cm³/mol. The molecule has 166 valence electrons. The van der Waals surface area contributed by atoms with Gasteiger partial charge in [-0.1, -0.05) is 67.6 Å². The summed E-state index contributed by atoms with van der Waals surface area (Å²) in [6.07, 6.45) is 1.73. The molecule has 0 spiro atoms. The number of anilines is 1. The first-order valence-corrected chi connectivity index (χ1v) is 11.1. The monoisotopic (exact) mass is 450 g/mol. The van der Waals surface area contributed by atoms with Gasteiger partial charge in [0.25, 0.3) is 5.91 Å². The second kappa shape index (κ2) is 9.82. The molecule has 8 heteroatoms. The first kappa shape index (κ1) is 23.3. The maximum absolute atomic E-state index is 13.3. The Morgan fingerprint density at radius 3 is 2.25 bits per heavy atom. The molecule has 1 atom stereocenters. The molecule has 0 radical (unpaired) electrons. The molecule has 4 amide bonds. The van der Waals surface area contributed by atoms with Crippen LogP contribution in [0.25, 0.3) is 6.08 Å². The van der Waals surface area contributed by atoms with Gasteiger partial charge in [-0.3, -0.25) is 19.8 Å². The highest BCUT2D eigenvalue weighted by Crippen LogP contribution is 2.31. The van der Waals surface area contributed by atoms with E-state index in [1.807, 2.05) is 55.5 Å². The van der Waals surface area contributed by atoms with Crippen molar-refractivity contribution < 1.29 is 14.4 Å². The third kappa shape index (κ3) is 5.45. The van der Waals surface area contributed by atoms with Gasteiger partial charge in [-0.25, -0.2) is 9.79 Å². The fourth-order valence-corrected chi connectivity index (χ4v) is 3.99. The topological polar surface area (TPSA) is 105 Å². The molecule has 1 aliphatic heterocycles.